The molecule has 2 aromatic carbocycles. The van der Waals surface area contributed by atoms with Gasteiger partial charge in [-0.05, 0) is 43.3 Å². The third kappa shape index (κ3) is 4.33. The van der Waals surface area contributed by atoms with Crippen LogP contribution in [0.5, 0.6) is 5.75 Å². The number of carbonyl (C=O) groups is 1. The summed E-state index contributed by atoms with van der Waals surface area (Å²) in [6.45, 7) is 3.29. The van der Waals surface area contributed by atoms with Crippen LogP contribution in [0.2, 0.25) is 0 Å². The Balaban J connectivity index is 1.48. The van der Waals surface area contributed by atoms with Crippen LogP contribution in [0.1, 0.15) is 5.82 Å². The number of amides is 1. The van der Waals surface area contributed by atoms with Crippen LogP contribution < -0.4 is 10.1 Å². The fourth-order valence-electron chi connectivity index (χ4n) is 2.66. The second-order valence-electron chi connectivity index (χ2n) is 5.61. The zero-order chi connectivity index (χ0) is 17.6. The quantitative estimate of drug-likeness (QED) is 0.661. The highest BCUT2D eigenvalue weighted by molar-refractivity contribution is 8.00. The summed E-state index contributed by atoms with van der Waals surface area (Å²) in [5.74, 6) is 2.21. The van der Waals surface area contributed by atoms with Crippen molar-refractivity contribution in [1.82, 2.24) is 14.9 Å². The van der Waals surface area contributed by atoms with E-state index < -0.39 is 0 Å². The maximum Gasteiger partial charge on any atom is 0.230 e. The van der Waals surface area contributed by atoms with Crippen LogP contribution in [0.4, 0.5) is 0 Å². The number of fused-ring (bicyclic) bond motifs is 1. The number of benzene rings is 2. The molecule has 25 heavy (non-hydrogen) atoms. The summed E-state index contributed by atoms with van der Waals surface area (Å²) in [5, 5.41) is 2.97. The molecule has 130 valence electrons. The van der Waals surface area contributed by atoms with E-state index >= 15 is 0 Å². The fourth-order valence-corrected chi connectivity index (χ4v) is 3.39. The number of imidazole rings is 1. The van der Waals surface area contributed by atoms with E-state index in [9.17, 15) is 4.79 Å². The highest BCUT2D eigenvalue weighted by Crippen LogP contribution is 2.21. The SMILES string of the molecule is COc1ccc(SCC(=O)NCCn2c(C)nc3ccccc32)cc1. The first kappa shape index (κ1) is 17.4. The van der Waals surface area contributed by atoms with Gasteiger partial charge in [0.05, 0.1) is 23.9 Å². The molecule has 5 nitrogen and oxygen atoms in total. The fraction of sp³-hybridized carbons (Fsp3) is 0.263. The Labute approximate surface area is 151 Å². The predicted octanol–water partition coefficient (Wildman–Crippen LogP) is 3.26. The van der Waals surface area contributed by atoms with Gasteiger partial charge in [-0.25, -0.2) is 4.98 Å². The zero-order valence-corrected chi connectivity index (χ0v) is 15.2. The second-order valence-corrected chi connectivity index (χ2v) is 6.66. The zero-order valence-electron chi connectivity index (χ0n) is 14.4. The number of aryl methyl sites for hydroxylation is 1. The molecule has 0 saturated carbocycles. The number of nitrogens with one attached hydrogen (secondary N) is 1. The summed E-state index contributed by atoms with van der Waals surface area (Å²) in [7, 11) is 1.64. The Bertz CT molecular complexity index is 859. The molecule has 3 aromatic rings. The number of hydrogen-bond acceptors (Lipinski definition) is 4. The van der Waals surface area contributed by atoms with Crippen LogP contribution >= 0.6 is 11.8 Å². The molecule has 0 atom stereocenters. The lowest BCUT2D eigenvalue weighted by molar-refractivity contribution is -0.118. The Morgan fingerprint density at radius 2 is 1.96 bits per heavy atom. The molecule has 3 rings (SSSR count). The van der Waals surface area contributed by atoms with E-state index in [1.54, 1.807) is 7.11 Å². The van der Waals surface area contributed by atoms with E-state index in [0.29, 0.717) is 18.8 Å². The van der Waals surface area contributed by atoms with Gasteiger partial charge in [0.1, 0.15) is 11.6 Å². The maximum atomic E-state index is 12.0. The molecule has 6 heteroatoms. The minimum Gasteiger partial charge on any atom is -0.497 e. The summed E-state index contributed by atoms with van der Waals surface area (Å²) in [6, 6.07) is 15.7. The average molecular weight is 355 g/mol. The smallest absolute Gasteiger partial charge is 0.230 e. The molecule has 1 aromatic heterocycles. The first-order valence-electron chi connectivity index (χ1n) is 8.13. The lowest BCUT2D eigenvalue weighted by Crippen LogP contribution is -2.28. The van der Waals surface area contributed by atoms with Crippen molar-refractivity contribution >= 4 is 28.7 Å². The van der Waals surface area contributed by atoms with Gasteiger partial charge >= 0.3 is 0 Å². The van der Waals surface area contributed by atoms with Gasteiger partial charge in [-0.2, -0.15) is 0 Å². The number of carbonyl (C=O) groups excluding carboxylic acids is 1. The third-order valence-corrected chi connectivity index (χ3v) is 4.94. The van der Waals surface area contributed by atoms with Crippen LogP contribution in [0.25, 0.3) is 11.0 Å². The predicted molar refractivity (Wildman–Crippen MR) is 101 cm³/mol. The molecule has 0 unspecified atom stereocenters. The first-order valence-corrected chi connectivity index (χ1v) is 9.11. The van der Waals surface area contributed by atoms with Crippen LogP contribution in [-0.2, 0) is 11.3 Å². The van der Waals surface area contributed by atoms with Gasteiger partial charge in [-0.1, -0.05) is 12.1 Å². The molecule has 0 bridgehead atoms. The van der Waals surface area contributed by atoms with Gasteiger partial charge in [0, 0.05) is 18.0 Å². The van der Waals surface area contributed by atoms with Gasteiger partial charge in [-0.15, -0.1) is 11.8 Å². The van der Waals surface area contributed by atoms with Crippen molar-refractivity contribution in [2.45, 2.75) is 18.4 Å². The number of aromatic nitrogens is 2. The van der Waals surface area contributed by atoms with Crippen LogP contribution in [0, 0.1) is 6.92 Å². The standard InChI is InChI=1S/C19H21N3O2S/c1-14-21-17-5-3-4-6-18(17)22(14)12-11-20-19(23)13-25-16-9-7-15(24-2)8-10-16/h3-10H,11-13H2,1-2H3,(H,20,23). The Morgan fingerprint density at radius 1 is 1.20 bits per heavy atom. The van der Waals surface area contributed by atoms with Crippen LogP contribution in [-0.4, -0.2) is 34.9 Å². The van der Waals surface area contributed by atoms with Crippen molar-refractivity contribution in [2.24, 2.45) is 0 Å². The Morgan fingerprint density at radius 3 is 2.72 bits per heavy atom. The van der Waals surface area contributed by atoms with Gasteiger partial charge < -0.3 is 14.6 Å². The summed E-state index contributed by atoms with van der Waals surface area (Å²) >= 11 is 1.51. The molecule has 0 aliphatic rings. The lowest BCUT2D eigenvalue weighted by Gasteiger charge is -2.09. The monoisotopic (exact) mass is 355 g/mol. The third-order valence-electron chi connectivity index (χ3n) is 3.93. The number of ether oxygens (including phenoxy) is 1. The maximum absolute atomic E-state index is 12.0. The molecule has 0 saturated heterocycles. The van der Waals surface area contributed by atoms with E-state index in [0.717, 1.165) is 27.5 Å². The number of hydrogen-bond donors (Lipinski definition) is 1. The molecular formula is C19H21N3O2S. The van der Waals surface area contributed by atoms with Crippen molar-refractivity contribution in [3.8, 4) is 5.75 Å². The van der Waals surface area contributed by atoms with Crippen molar-refractivity contribution in [2.75, 3.05) is 19.4 Å². The first-order chi connectivity index (χ1) is 12.2. The molecule has 0 aliphatic carbocycles. The van der Waals surface area contributed by atoms with E-state index in [1.165, 1.54) is 11.8 Å². The largest absolute Gasteiger partial charge is 0.497 e. The van der Waals surface area contributed by atoms with E-state index in [1.807, 2.05) is 49.4 Å². The van der Waals surface area contributed by atoms with E-state index in [-0.39, 0.29) is 5.91 Å². The molecular weight excluding hydrogens is 334 g/mol. The number of nitrogens with zero attached hydrogens (tertiary/aromatic N) is 2. The lowest BCUT2D eigenvalue weighted by atomic mass is 10.3. The molecule has 0 aliphatic heterocycles. The Kier molecular flexibility index (Phi) is 5.60. The van der Waals surface area contributed by atoms with Crippen molar-refractivity contribution in [3.63, 3.8) is 0 Å². The second kappa shape index (κ2) is 8.07. The van der Waals surface area contributed by atoms with Gasteiger partial charge in [0.15, 0.2) is 0 Å². The number of rotatable bonds is 7. The summed E-state index contributed by atoms with van der Waals surface area (Å²) in [6.07, 6.45) is 0. The molecule has 1 N–H and O–H groups in total. The minimum atomic E-state index is 0.0305. The highest BCUT2D eigenvalue weighted by atomic mass is 32.2. The van der Waals surface area contributed by atoms with Crippen molar-refractivity contribution in [1.29, 1.82) is 0 Å². The molecule has 1 amide bonds. The van der Waals surface area contributed by atoms with Gasteiger partial charge in [-0.3, -0.25) is 4.79 Å². The van der Waals surface area contributed by atoms with E-state index in [2.05, 4.69) is 20.9 Å². The average Bonchev–Trinajstić information content (AvgIpc) is 2.96. The van der Waals surface area contributed by atoms with Crippen LogP contribution in [0.3, 0.4) is 0 Å². The summed E-state index contributed by atoms with van der Waals surface area (Å²) in [4.78, 5) is 17.6. The molecule has 0 spiro atoms. The number of methoxy groups -OCH3 is 1. The van der Waals surface area contributed by atoms with Crippen molar-refractivity contribution in [3.05, 3.63) is 54.4 Å². The molecule has 0 fully saturated rings. The van der Waals surface area contributed by atoms with Gasteiger partial charge in [0.25, 0.3) is 0 Å². The van der Waals surface area contributed by atoms with Crippen LogP contribution in [0.15, 0.2) is 53.4 Å². The normalized spacial score (nSPS) is 10.8. The van der Waals surface area contributed by atoms with E-state index in [4.69, 9.17) is 4.74 Å². The minimum absolute atomic E-state index is 0.0305. The number of para-hydroxylation sites is 2. The topological polar surface area (TPSA) is 56.1 Å². The highest BCUT2D eigenvalue weighted by Gasteiger charge is 2.07. The van der Waals surface area contributed by atoms with Gasteiger partial charge in [0.2, 0.25) is 5.91 Å². The molecule has 1 heterocycles. The Hall–Kier alpha value is -2.47. The molecule has 0 radical (unpaired) electrons. The van der Waals surface area contributed by atoms with Crippen molar-refractivity contribution < 1.29 is 9.53 Å². The number of thioether (sulfide) groups is 1. The summed E-state index contributed by atoms with van der Waals surface area (Å²) in [5.41, 5.74) is 2.09. The summed E-state index contributed by atoms with van der Waals surface area (Å²) < 4.78 is 7.26.